The number of carboxylic acid groups (broad SMARTS) is 1. The third-order valence-electron chi connectivity index (χ3n) is 4.57. The van der Waals surface area contributed by atoms with Gasteiger partial charge in [0.15, 0.2) is 5.82 Å². The molecule has 0 radical (unpaired) electrons. The summed E-state index contributed by atoms with van der Waals surface area (Å²) in [5.41, 5.74) is 6.46. The normalized spacial score (nSPS) is 11.6. The first-order chi connectivity index (χ1) is 15.1. The molecule has 0 fully saturated rings. The number of nitrogens with zero attached hydrogens (tertiary/aromatic N) is 4. The van der Waals surface area contributed by atoms with Gasteiger partial charge < -0.3 is 10.8 Å². The number of benzene rings is 2. The molecule has 0 atom stereocenters. The van der Waals surface area contributed by atoms with Gasteiger partial charge in [0, 0.05) is 21.6 Å². The van der Waals surface area contributed by atoms with Crippen LogP contribution < -0.4 is 10.0 Å². The topological polar surface area (TPSA) is 131 Å². The Morgan fingerprint density at radius 2 is 1.78 bits per heavy atom. The van der Waals surface area contributed by atoms with E-state index >= 15 is 0 Å². The quantitative estimate of drug-likeness (QED) is 0.421. The van der Waals surface area contributed by atoms with Crippen LogP contribution in [0.3, 0.4) is 0 Å². The van der Waals surface area contributed by atoms with Crippen molar-refractivity contribution in [3.63, 3.8) is 0 Å². The second kappa shape index (κ2) is 8.30. The lowest BCUT2D eigenvalue weighted by Gasteiger charge is -2.23. The maximum atomic E-state index is 13.3. The number of nitrogens with two attached hydrogens (primary N) is 1. The number of rotatable bonds is 6. The molecule has 2 heterocycles. The van der Waals surface area contributed by atoms with Gasteiger partial charge in [0.05, 0.1) is 28.5 Å². The number of aliphatic carboxylic acids is 1. The van der Waals surface area contributed by atoms with Gasteiger partial charge in [-0.2, -0.15) is 0 Å². The summed E-state index contributed by atoms with van der Waals surface area (Å²) in [6.07, 6.45) is 4.67. The van der Waals surface area contributed by atoms with Gasteiger partial charge in [-0.05, 0) is 42.5 Å². The summed E-state index contributed by atoms with van der Waals surface area (Å²) in [4.78, 5) is 19.5. The number of halogens is 2. The molecule has 0 saturated carbocycles. The molecule has 32 heavy (non-hydrogen) atoms. The van der Waals surface area contributed by atoms with Crippen molar-refractivity contribution >= 4 is 61.6 Å². The number of sulfonamides is 1. The molecule has 0 unspecified atom stereocenters. The molecule has 3 N–H and O–H groups in total. The maximum absolute atomic E-state index is 13.3. The Morgan fingerprint density at radius 3 is 2.41 bits per heavy atom. The standard InChI is InChI=1S/C20H15Cl2N5O4S/c21-13-6-14(22)8-16(7-13)32(30,31)27(11-20(28)29)15-1-2-17-12(5-15)3-4-26(17)19-10-24-18(23)9-25-19/h1-10H,11H2,(H2,23,24)(H,28,29). The minimum absolute atomic E-state index is 0.114. The number of hydrogen-bond acceptors (Lipinski definition) is 6. The Balaban J connectivity index is 1.81. The van der Waals surface area contributed by atoms with Crippen molar-refractivity contribution in [3.8, 4) is 5.82 Å². The number of hydrogen-bond donors (Lipinski definition) is 2. The molecule has 0 aliphatic carbocycles. The van der Waals surface area contributed by atoms with Crippen LogP contribution in [0, 0.1) is 0 Å². The zero-order valence-corrected chi connectivity index (χ0v) is 18.5. The van der Waals surface area contributed by atoms with Gasteiger partial charge in [-0.3, -0.25) is 13.7 Å². The molecular formula is C20H15Cl2N5O4S. The monoisotopic (exact) mass is 491 g/mol. The summed E-state index contributed by atoms with van der Waals surface area (Å²) in [5.74, 6) is -0.523. The first kappa shape index (κ1) is 21.9. The van der Waals surface area contributed by atoms with Gasteiger partial charge in [0.25, 0.3) is 10.0 Å². The first-order valence-electron chi connectivity index (χ1n) is 9.05. The van der Waals surface area contributed by atoms with E-state index in [4.69, 9.17) is 28.9 Å². The summed E-state index contributed by atoms with van der Waals surface area (Å²) >= 11 is 11.9. The molecule has 4 aromatic rings. The lowest BCUT2D eigenvalue weighted by atomic mass is 10.2. The summed E-state index contributed by atoms with van der Waals surface area (Å²) in [5, 5.41) is 10.3. The highest BCUT2D eigenvalue weighted by atomic mass is 35.5. The van der Waals surface area contributed by atoms with Crippen molar-refractivity contribution in [2.75, 3.05) is 16.6 Å². The van der Waals surface area contributed by atoms with Crippen molar-refractivity contribution in [3.05, 3.63) is 71.1 Å². The average molecular weight is 492 g/mol. The van der Waals surface area contributed by atoms with Gasteiger partial charge in [-0.25, -0.2) is 18.4 Å². The van der Waals surface area contributed by atoms with Crippen molar-refractivity contribution in [1.82, 2.24) is 14.5 Å². The fraction of sp³-hybridized carbons (Fsp3) is 0.0500. The van der Waals surface area contributed by atoms with E-state index in [1.807, 2.05) is 0 Å². The van der Waals surface area contributed by atoms with Crippen LogP contribution in [0.5, 0.6) is 0 Å². The van der Waals surface area contributed by atoms with Crippen LogP contribution in [0.1, 0.15) is 0 Å². The lowest BCUT2D eigenvalue weighted by molar-refractivity contribution is -0.135. The maximum Gasteiger partial charge on any atom is 0.324 e. The number of nitrogen functional groups attached to an aromatic ring is 1. The second-order valence-electron chi connectivity index (χ2n) is 6.74. The third kappa shape index (κ3) is 4.20. The van der Waals surface area contributed by atoms with Crippen LogP contribution >= 0.6 is 23.2 Å². The van der Waals surface area contributed by atoms with Crippen molar-refractivity contribution < 1.29 is 18.3 Å². The minimum Gasteiger partial charge on any atom is -0.480 e. The van der Waals surface area contributed by atoms with Crippen molar-refractivity contribution in [2.45, 2.75) is 4.90 Å². The van der Waals surface area contributed by atoms with Crippen LogP contribution in [0.15, 0.2) is 66.0 Å². The van der Waals surface area contributed by atoms with Gasteiger partial charge in [-0.1, -0.05) is 23.2 Å². The SMILES string of the molecule is Nc1cnc(-n2ccc3cc(N(CC(=O)O)S(=O)(=O)c4cc(Cl)cc(Cl)c4)ccc32)cn1. The zero-order chi connectivity index (χ0) is 23.0. The molecule has 0 aliphatic rings. The Morgan fingerprint density at radius 1 is 1.06 bits per heavy atom. The van der Waals surface area contributed by atoms with Crippen LogP contribution in [-0.4, -0.2) is 40.6 Å². The van der Waals surface area contributed by atoms with E-state index in [0.717, 1.165) is 4.31 Å². The van der Waals surface area contributed by atoms with Gasteiger partial charge in [0.1, 0.15) is 12.4 Å². The smallest absolute Gasteiger partial charge is 0.324 e. The molecule has 12 heteroatoms. The van der Waals surface area contributed by atoms with E-state index in [1.165, 1.54) is 36.7 Å². The van der Waals surface area contributed by atoms with E-state index in [-0.39, 0.29) is 26.4 Å². The second-order valence-corrected chi connectivity index (χ2v) is 9.47. The first-order valence-corrected chi connectivity index (χ1v) is 11.2. The Kier molecular flexibility index (Phi) is 5.68. The molecule has 0 amide bonds. The predicted octanol–water partition coefficient (Wildman–Crippen LogP) is 3.59. The van der Waals surface area contributed by atoms with Gasteiger partial charge in [0.2, 0.25) is 0 Å². The van der Waals surface area contributed by atoms with E-state index in [1.54, 1.807) is 29.0 Å². The highest BCUT2D eigenvalue weighted by Gasteiger charge is 2.28. The lowest BCUT2D eigenvalue weighted by Crippen LogP contribution is -2.35. The average Bonchev–Trinajstić information content (AvgIpc) is 3.15. The molecule has 2 aromatic heterocycles. The van der Waals surface area contributed by atoms with Crippen LogP contribution in [0.4, 0.5) is 11.5 Å². The minimum atomic E-state index is -4.27. The predicted molar refractivity (Wildman–Crippen MR) is 122 cm³/mol. The summed E-state index contributed by atoms with van der Waals surface area (Å²) in [6.45, 7) is -0.790. The van der Waals surface area contributed by atoms with Crippen LogP contribution in [0.2, 0.25) is 10.0 Å². The summed E-state index contributed by atoms with van der Waals surface area (Å²) in [7, 11) is -4.27. The van der Waals surface area contributed by atoms with Crippen molar-refractivity contribution in [2.24, 2.45) is 0 Å². The summed E-state index contributed by atoms with van der Waals surface area (Å²) < 4.78 is 29.1. The molecule has 2 aromatic carbocycles. The number of fused-ring (bicyclic) bond motifs is 1. The molecular weight excluding hydrogens is 477 g/mol. The van der Waals surface area contributed by atoms with Gasteiger partial charge in [-0.15, -0.1) is 0 Å². The molecule has 0 bridgehead atoms. The Labute approximate surface area is 192 Å². The van der Waals surface area contributed by atoms with E-state index in [0.29, 0.717) is 16.7 Å². The van der Waals surface area contributed by atoms with Crippen LogP contribution in [-0.2, 0) is 14.8 Å². The molecule has 164 valence electrons. The van der Waals surface area contributed by atoms with Gasteiger partial charge >= 0.3 is 5.97 Å². The third-order valence-corrected chi connectivity index (χ3v) is 6.76. The fourth-order valence-electron chi connectivity index (χ4n) is 3.18. The zero-order valence-electron chi connectivity index (χ0n) is 16.2. The molecule has 0 aliphatic heterocycles. The number of carboxylic acids is 1. The van der Waals surface area contributed by atoms with E-state index < -0.39 is 22.5 Å². The van der Waals surface area contributed by atoms with Crippen molar-refractivity contribution in [1.29, 1.82) is 0 Å². The summed E-state index contributed by atoms with van der Waals surface area (Å²) in [6, 6.07) is 10.3. The molecule has 0 saturated heterocycles. The molecule has 4 rings (SSSR count). The highest BCUT2D eigenvalue weighted by molar-refractivity contribution is 7.92. The number of anilines is 2. The highest BCUT2D eigenvalue weighted by Crippen LogP contribution is 2.31. The largest absolute Gasteiger partial charge is 0.480 e. The Hall–Kier alpha value is -3.34. The Bertz CT molecular complexity index is 1420. The van der Waals surface area contributed by atoms with E-state index in [2.05, 4.69) is 9.97 Å². The fourth-order valence-corrected chi connectivity index (χ4v) is 5.32. The molecule has 0 spiro atoms. The van der Waals surface area contributed by atoms with E-state index in [9.17, 15) is 18.3 Å². The number of aromatic nitrogens is 3. The molecule has 9 nitrogen and oxygen atoms in total. The number of carbonyl (C=O) groups is 1. The van der Waals surface area contributed by atoms with Crippen LogP contribution in [0.25, 0.3) is 16.7 Å².